The highest BCUT2D eigenvalue weighted by molar-refractivity contribution is 5.87. The molecule has 0 aliphatic heterocycles. The van der Waals surface area contributed by atoms with Crippen LogP contribution in [0.15, 0.2) is 66.7 Å². The molecule has 0 radical (unpaired) electrons. The van der Waals surface area contributed by atoms with Gasteiger partial charge in [-0.15, -0.1) is 12.4 Å². The Kier molecular flexibility index (Phi) is 6.57. The lowest BCUT2D eigenvalue weighted by atomic mass is 10.1. The van der Waals surface area contributed by atoms with Gasteiger partial charge in [0.05, 0.1) is 12.8 Å². The Labute approximate surface area is 184 Å². The monoisotopic (exact) mass is 437 g/mol. The van der Waals surface area contributed by atoms with Crippen molar-refractivity contribution in [1.29, 1.82) is 0 Å². The van der Waals surface area contributed by atoms with E-state index in [-0.39, 0.29) is 30.6 Å². The second kappa shape index (κ2) is 9.32. The number of nitrogens with two attached hydrogens (primary N) is 1. The Morgan fingerprint density at radius 3 is 2.35 bits per heavy atom. The molecule has 7 nitrogen and oxygen atoms in total. The Bertz CT molecular complexity index is 1230. The molecular weight excluding hydrogens is 418 g/mol. The van der Waals surface area contributed by atoms with Crippen molar-refractivity contribution in [3.63, 3.8) is 0 Å². The number of phenolic OH excluding ortho intramolecular Hbond substituents is 1. The molecule has 0 saturated carbocycles. The molecule has 0 bridgehead atoms. The van der Waals surface area contributed by atoms with Crippen molar-refractivity contribution in [2.75, 3.05) is 19.5 Å². The second-order valence-electron chi connectivity index (χ2n) is 6.65. The number of halogens is 1. The summed E-state index contributed by atoms with van der Waals surface area (Å²) in [6.45, 7) is -0.259. The van der Waals surface area contributed by atoms with E-state index in [2.05, 4.69) is 14.7 Å². The van der Waals surface area contributed by atoms with E-state index in [9.17, 15) is 9.90 Å². The molecule has 0 aliphatic rings. The number of anilines is 1. The first-order valence-corrected chi connectivity index (χ1v) is 9.19. The molecule has 158 valence electrons. The zero-order valence-electron chi connectivity index (χ0n) is 16.6. The minimum absolute atomic E-state index is 0. The summed E-state index contributed by atoms with van der Waals surface area (Å²) >= 11 is 0. The van der Waals surface area contributed by atoms with E-state index in [0.717, 1.165) is 21.9 Å². The number of phenols is 1. The molecule has 4 aromatic rings. The number of rotatable bonds is 5. The number of hydrogen-bond donors (Lipinski definition) is 2. The van der Waals surface area contributed by atoms with Gasteiger partial charge in [-0.25, -0.2) is 9.78 Å². The molecule has 0 fully saturated rings. The van der Waals surface area contributed by atoms with Gasteiger partial charge in [0.15, 0.2) is 12.4 Å². The zero-order chi connectivity index (χ0) is 21.1. The molecule has 31 heavy (non-hydrogen) atoms. The lowest BCUT2D eigenvalue weighted by Crippen LogP contribution is -2.13. The fourth-order valence-electron chi connectivity index (χ4n) is 2.99. The molecule has 8 heteroatoms. The molecule has 1 aromatic heterocycles. The van der Waals surface area contributed by atoms with Crippen molar-refractivity contribution in [1.82, 2.24) is 9.97 Å². The molecule has 0 spiro atoms. The van der Waals surface area contributed by atoms with Crippen LogP contribution < -0.4 is 10.5 Å². The smallest absolute Gasteiger partial charge is 0.343 e. The maximum absolute atomic E-state index is 11.5. The first-order valence-electron chi connectivity index (χ1n) is 9.19. The van der Waals surface area contributed by atoms with Gasteiger partial charge in [0.2, 0.25) is 5.88 Å². The summed E-state index contributed by atoms with van der Waals surface area (Å²) in [7, 11) is 1.30. The summed E-state index contributed by atoms with van der Waals surface area (Å²) in [6.07, 6.45) is 0. The number of nitrogen functional groups attached to an aromatic ring is 1. The maximum atomic E-state index is 11.5. The Morgan fingerprint density at radius 1 is 0.935 bits per heavy atom. The molecule has 3 aromatic carbocycles. The van der Waals surface area contributed by atoms with Gasteiger partial charge in [0.25, 0.3) is 0 Å². The van der Waals surface area contributed by atoms with E-state index < -0.39 is 5.97 Å². The van der Waals surface area contributed by atoms with E-state index in [1.165, 1.54) is 7.11 Å². The normalized spacial score (nSPS) is 10.4. The molecular formula is C23H20ClN3O4. The van der Waals surface area contributed by atoms with Crippen molar-refractivity contribution in [3.8, 4) is 34.3 Å². The van der Waals surface area contributed by atoms with Gasteiger partial charge in [-0.2, -0.15) is 4.98 Å². The molecule has 0 amide bonds. The number of nitrogens with zero attached hydrogens (tertiary/aromatic N) is 2. The quantitative estimate of drug-likeness (QED) is 0.355. The van der Waals surface area contributed by atoms with E-state index in [0.29, 0.717) is 17.2 Å². The summed E-state index contributed by atoms with van der Waals surface area (Å²) in [5.74, 6) is 0.396. The highest BCUT2D eigenvalue weighted by atomic mass is 35.5. The van der Waals surface area contributed by atoms with Crippen LogP contribution in [0.2, 0.25) is 0 Å². The third-order valence-electron chi connectivity index (χ3n) is 4.56. The second-order valence-corrected chi connectivity index (χ2v) is 6.65. The summed E-state index contributed by atoms with van der Waals surface area (Å²) in [5, 5.41) is 11.5. The summed E-state index contributed by atoms with van der Waals surface area (Å²) in [4.78, 5) is 20.6. The maximum Gasteiger partial charge on any atom is 0.343 e. The molecule has 0 aliphatic carbocycles. The standard InChI is InChI=1S/C23H19N3O4.ClH/c1-29-22(28)13-30-21-12-20(14-4-7-18(24)8-5-14)25-23(26-21)17-3-2-16-11-19(27)9-6-15(16)10-17;/h2-12,27H,13,24H2,1H3;1H. The Hall–Kier alpha value is -3.84. The van der Waals surface area contributed by atoms with Crippen LogP contribution in [0.25, 0.3) is 33.4 Å². The van der Waals surface area contributed by atoms with Crippen LogP contribution in [0.4, 0.5) is 5.69 Å². The van der Waals surface area contributed by atoms with Gasteiger partial charge >= 0.3 is 5.97 Å². The van der Waals surface area contributed by atoms with Crippen LogP contribution in [-0.2, 0) is 9.53 Å². The zero-order valence-corrected chi connectivity index (χ0v) is 17.4. The van der Waals surface area contributed by atoms with Crippen molar-refractivity contribution in [3.05, 3.63) is 66.7 Å². The molecule has 3 N–H and O–H groups in total. The van der Waals surface area contributed by atoms with E-state index in [4.69, 9.17) is 10.5 Å². The average molecular weight is 438 g/mol. The topological polar surface area (TPSA) is 108 Å². The van der Waals surface area contributed by atoms with Gasteiger partial charge < -0.3 is 20.3 Å². The van der Waals surface area contributed by atoms with Gasteiger partial charge in [0, 0.05) is 22.9 Å². The van der Waals surface area contributed by atoms with E-state index >= 15 is 0 Å². The van der Waals surface area contributed by atoms with Crippen molar-refractivity contribution in [2.24, 2.45) is 0 Å². The van der Waals surface area contributed by atoms with Crippen molar-refractivity contribution < 1.29 is 19.4 Å². The minimum Gasteiger partial charge on any atom is -0.508 e. The SMILES string of the molecule is COC(=O)COc1cc(-c2ccc(N)cc2)nc(-c2ccc3cc(O)ccc3c2)n1.Cl. The van der Waals surface area contributed by atoms with Gasteiger partial charge in [-0.05, 0) is 41.1 Å². The number of fused-ring (bicyclic) bond motifs is 1. The first kappa shape index (κ1) is 21.9. The molecule has 0 atom stereocenters. The fraction of sp³-hybridized carbons (Fsp3) is 0.0870. The first-order chi connectivity index (χ1) is 14.5. The number of hydrogen-bond acceptors (Lipinski definition) is 7. The highest BCUT2D eigenvalue weighted by Gasteiger charge is 2.12. The number of carbonyl (C=O) groups excluding carboxylic acids is 1. The van der Waals surface area contributed by atoms with Crippen LogP contribution in [0.3, 0.4) is 0 Å². The van der Waals surface area contributed by atoms with Crippen LogP contribution in [-0.4, -0.2) is 34.8 Å². The number of methoxy groups -OCH3 is 1. The number of esters is 1. The number of aromatic nitrogens is 2. The molecule has 4 rings (SSSR count). The predicted octanol–water partition coefficient (Wildman–Crippen LogP) is 4.23. The third-order valence-corrected chi connectivity index (χ3v) is 4.56. The number of aromatic hydroxyl groups is 1. The van der Waals surface area contributed by atoms with Crippen LogP contribution in [0, 0.1) is 0 Å². The van der Waals surface area contributed by atoms with Crippen LogP contribution in [0.5, 0.6) is 11.6 Å². The lowest BCUT2D eigenvalue weighted by Gasteiger charge is -2.10. The van der Waals surface area contributed by atoms with E-state index in [1.807, 2.05) is 36.4 Å². The average Bonchev–Trinajstić information content (AvgIpc) is 2.77. The van der Waals surface area contributed by atoms with Crippen molar-refractivity contribution in [2.45, 2.75) is 0 Å². The minimum atomic E-state index is -0.505. The Balaban J connectivity index is 0.00000272. The summed E-state index contributed by atoms with van der Waals surface area (Å²) in [5.41, 5.74) is 8.67. The van der Waals surface area contributed by atoms with Crippen LogP contribution in [0.1, 0.15) is 0 Å². The predicted molar refractivity (Wildman–Crippen MR) is 121 cm³/mol. The number of ether oxygens (including phenoxy) is 2. The Morgan fingerprint density at radius 2 is 1.61 bits per heavy atom. The fourth-order valence-corrected chi connectivity index (χ4v) is 2.99. The summed E-state index contributed by atoms with van der Waals surface area (Å²) in [6, 6.07) is 19.8. The number of carbonyl (C=O) groups is 1. The molecule has 0 unspecified atom stereocenters. The lowest BCUT2D eigenvalue weighted by molar-refractivity contribution is -0.143. The molecule has 1 heterocycles. The van der Waals surface area contributed by atoms with Crippen LogP contribution >= 0.6 is 12.4 Å². The van der Waals surface area contributed by atoms with Crippen molar-refractivity contribution >= 4 is 34.8 Å². The van der Waals surface area contributed by atoms with Gasteiger partial charge in [-0.3, -0.25) is 0 Å². The molecule has 0 saturated heterocycles. The summed E-state index contributed by atoms with van der Waals surface area (Å²) < 4.78 is 10.2. The van der Waals surface area contributed by atoms with Gasteiger partial charge in [0.1, 0.15) is 5.75 Å². The van der Waals surface area contributed by atoms with E-state index in [1.54, 1.807) is 30.3 Å². The largest absolute Gasteiger partial charge is 0.508 e. The number of benzene rings is 3. The van der Waals surface area contributed by atoms with Gasteiger partial charge in [-0.1, -0.05) is 30.3 Å². The third kappa shape index (κ3) is 5.02. The highest BCUT2D eigenvalue weighted by Crippen LogP contribution is 2.29.